The summed E-state index contributed by atoms with van der Waals surface area (Å²) in [6, 6.07) is 0. The van der Waals surface area contributed by atoms with Crippen LogP contribution in [-0.2, 0) is 4.74 Å². The molecular weight excluding hydrogens is 242 g/mol. The van der Waals surface area contributed by atoms with E-state index in [-0.39, 0.29) is 5.69 Å². The maximum Gasteiger partial charge on any atom is 0.358 e. The molecule has 0 spiro atoms. The van der Waals surface area contributed by atoms with Crippen molar-refractivity contribution < 1.29 is 9.53 Å². The zero-order chi connectivity index (χ0) is 13.2. The number of nitrogens with one attached hydrogen (secondary N) is 1. The Kier molecular flexibility index (Phi) is 3.36. The predicted molar refractivity (Wildman–Crippen MR) is 70.8 cm³/mol. The van der Waals surface area contributed by atoms with Gasteiger partial charge < -0.3 is 10.1 Å². The minimum Gasteiger partial charge on any atom is -0.464 e. The van der Waals surface area contributed by atoms with E-state index in [1.165, 1.54) is 39.0 Å². The summed E-state index contributed by atoms with van der Waals surface area (Å²) in [7, 11) is 1.35. The Balaban J connectivity index is 1.59. The van der Waals surface area contributed by atoms with Crippen molar-refractivity contribution in [3.63, 3.8) is 0 Å². The number of carbonyl (C=O) groups excluding carboxylic acids is 1. The maximum absolute atomic E-state index is 11.4. The van der Waals surface area contributed by atoms with E-state index in [9.17, 15) is 4.79 Å². The fourth-order valence-electron chi connectivity index (χ4n) is 3.52. The first-order valence-electron chi connectivity index (χ1n) is 6.90. The minimum atomic E-state index is -0.448. The molecule has 1 heterocycles. The van der Waals surface area contributed by atoms with Crippen molar-refractivity contribution in [1.82, 2.24) is 9.97 Å². The predicted octanol–water partition coefficient (Wildman–Crippen LogP) is 2.11. The van der Waals surface area contributed by atoms with Crippen molar-refractivity contribution in [3.05, 3.63) is 18.1 Å². The standard InChI is InChI=1S/C14H19N3O2/c1-19-14(18)12-7-15-8-13(17-12)16-6-11-5-9-2-3-10(11)4-9/h7-11H,2-6H2,1H3,(H,16,17). The molecule has 2 bridgehead atoms. The minimum absolute atomic E-state index is 0.250. The molecule has 2 fully saturated rings. The summed E-state index contributed by atoms with van der Waals surface area (Å²) in [5.41, 5.74) is 0.250. The number of carbonyl (C=O) groups is 1. The summed E-state index contributed by atoms with van der Waals surface area (Å²) in [6.07, 6.45) is 8.61. The summed E-state index contributed by atoms with van der Waals surface area (Å²) < 4.78 is 4.64. The topological polar surface area (TPSA) is 64.1 Å². The lowest BCUT2D eigenvalue weighted by Crippen LogP contribution is -2.21. The quantitative estimate of drug-likeness (QED) is 0.841. The third-order valence-electron chi connectivity index (χ3n) is 4.46. The van der Waals surface area contributed by atoms with Crippen LogP contribution < -0.4 is 5.32 Å². The third-order valence-corrected chi connectivity index (χ3v) is 4.46. The van der Waals surface area contributed by atoms with Gasteiger partial charge in [0.25, 0.3) is 0 Å². The lowest BCUT2D eigenvalue weighted by molar-refractivity contribution is 0.0593. The van der Waals surface area contributed by atoms with Gasteiger partial charge in [0.2, 0.25) is 0 Å². The number of aromatic nitrogens is 2. The summed E-state index contributed by atoms with van der Waals surface area (Å²) in [5, 5.41) is 3.31. The van der Waals surface area contributed by atoms with Crippen molar-refractivity contribution in [2.75, 3.05) is 19.0 Å². The van der Waals surface area contributed by atoms with E-state index in [4.69, 9.17) is 0 Å². The Hall–Kier alpha value is -1.65. The van der Waals surface area contributed by atoms with Crippen molar-refractivity contribution in [1.29, 1.82) is 0 Å². The molecule has 3 atom stereocenters. The fraction of sp³-hybridized carbons (Fsp3) is 0.643. The van der Waals surface area contributed by atoms with Gasteiger partial charge in [-0.15, -0.1) is 0 Å². The van der Waals surface area contributed by atoms with Crippen molar-refractivity contribution in [2.24, 2.45) is 17.8 Å². The molecule has 0 amide bonds. The summed E-state index contributed by atoms with van der Waals surface area (Å²) in [6.45, 7) is 0.931. The number of hydrogen-bond donors (Lipinski definition) is 1. The highest BCUT2D eigenvalue weighted by Crippen LogP contribution is 2.48. The van der Waals surface area contributed by atoms with Crippen LogP contribution in [0.15, 0.2) is 12.4 Å². The molecule has 1 aromatic rings. The van der Waals surface area contributed by atoms with Gasteiger partial charge >= 0.3 is 5.97 Å². The van der Waals surface area contributed by atoms with E-state index in [0.717, 1.165) is 24.3 Å². The van der Waals surface area contributed by atoms with Gasteiger partial charge in [0.05, 0.1) is 19.5 Å². The van der Waals surface area contributed by atoms with Crippen LogP contribution in [0.2, 0.25) is 0 Å². The van der Waals surface area contributed by atoms with Gasteiger partial charge in [-0.05, 0) is 37.0 Å². The molecule has 5 nitrogen and oxygen atoms in total. The van der Waals surface area contributed by atoms with Crippen LogP contribution in [0.25, 0.3) is 0 Å². The number of hydrogen-bond acceptors (Lipinski definition) is 5. The number of methoxy groups -OCH3 is 1. The Morgan fingerprint density at radius 3 is 3.00 bits per heavy atom. The largest absolute Gasteiger partial charge is 0.464 e. The second-order valence-corrected chi connectivity index (χ2v) is 5.60. The molecule has 0 aromatic carbocycles. The van der Waals surface area contributed by atoms with Crippen LogP contribution in [0, 0.1) is 17.8 Å². The highest BCUT2D eigenvalue weighted by atomic mass is 16.5. The van der Waals surface area contributed by atoms with Crippen LogP contribution in [-0.4, -0.2) is 29.6 Å². The number of anilines is 1. The van der Waals surface area contributed by atoms with Crippen molar-refractivity contribution in [2.45, 2.75) is 25.7 Å². The SMILES string of the molecule is COC(=O)c1cncc(NCC2CC3CCC2C3)n1. The van der Waals surface area contributed by atoms with E-state index < -0.39 is 5.97 Å². The first-order valence-corrected chi connectivity index (χ1v) is 6.90. The molecule has 0 aliphatic heterocycles. The highest BCUT2D eigenvalue weighted by Gasteiger charge is 2.39. The number of esters is 1. The molecule has 2 aliphatic rings. The molecule has 1 N–H and O–H groups in total. The molecule has 102 valence electrons. The lowest BCUT2D eigenvalue weighted by Gasteiger charge is -2.21. The first-order chi connectivity index (χ1) is 9.26. The molecule has 2 saturated carbocycles. The van der Waals surface area contributed by atoms with Crippen LogP contribution in [0.5, 0.6) is 0 Å². The van der Waals surface area contributed by atoms with Gasteiger partial charge in [0.15, 0.2) is 5.69 Å². The molecular formula is C14H19N3O2. The van der Waals surface area contributed by atoms with Gasteiger partial charge in [0, 0.05) is 6.54 Å². The maximum atomic E-state index is 11.4. The molecule has 3 rings (SSSR count). The smallest absolute Gasteiger partial charge is 0.358 e. The van der Waals surface area contributed by atoms with Gasteiger partial charge in [0.1, 0.15) is 5.82 Å². The van der Waals surface area contributed by atoms with Gasteiger partial charge in [-0.2, -0.15) is 0 Å². The molecule has 2 aliphatic carbocycles. The molecule has 0 radical (unpaired) electrons. The summed E-state index contributed by atoms with van der Waals surface area (Å²) >= 11 is 0. The molecule has 1 aromatic heterocycles. The monoisotopic (exact) mass is 261 g/mol. The third kappa shape index (κ3) is 2.55. The average Bonchev–Trinajstić information content (AvgIpc) is 3.07. The fourth-order valence-corrected chi connectivity index (χ4v) is 3.52. The van der Waals surface area contributed by atoms with Crippen LogP contribution in [0.3, 0.4) is 0 Å². The summed E-state index contributed by atoms with van der Waals surface area (Å²) in [4.78, 5) is 19.6. The Morgan fingerprint density at radius 2 is 2.32 bits per heavy atom. The first kappa shape index (κ1) is 12.4. The number of fused-ring (bicyclic) bond motifs is 2. The van der Waals surface area contributed by atoms with E-state index in [1.807, 2.05) is 0 Å². The van der Waals surface area contributed by atoms with E-state index in [2.05, 4.69) is 20.0 Å². The molecule has 3 unspecified atom stereocenters. The zero-order valence-corrected chi connectivity index (χ0v) is 11.1. The number of rotatable bonds is 4. The van der Waals surface area contributed by atoms with E-state index in [0.29, 0.717) is 5.82 Å². The summed E-state index contributed by atoms with van der Waals surface area (Å²) in [5.74, 6) is 2.79. The molecule has 5 heteroatoms. The van der Waals surface area contributed by atoms with Gasteiger partial charge in [-0.3, -0.25) is 4.98 Å². The Labute approximate surface area is 112 Å². The molecule has 0 saturated heterocycles. The van der Waals surface area contributed by atoms with Crippen LogP contribution >= 0.6 is 0 Å². The van der Waals surface area contributed by atoms with Crippen LogP contribution in [0.4, 0.5) is 5.82 Å². The highest BCUT2D eigenvalue weighted by molar-refractivity contribution is 5.87. The van der Waals surface area contributed by atoms with E-state index in [1.54, 1.807) is 6.20 Å². The second kappa shape index (κ2) is 5.15. The van der Waals surface area contributed by atoms with Crippen molar-refractivity contribution in [3.8, 4) is 0 Å². The lowest BCUT2D eigenvalue weighted by atomic mass is 9.89. The second-order valence-electron chi connectivity index (χ2n) is 5.60. The van der Waals surface area contributed by atoms with Crippen molar-refractivity contribution >= 4 is 11.8 Å². The zero-order valence-electron chi connectivity index (χ0n) is 11.1. The Morgan fingerprint density at radius 1 is 1.42 bits per heavy atom. The van der Waals surface area contributed by atoms with Gasteiger partial charge in [-0.1, -0.05) is 6.42 Å². The normalized spacial score (nSPS) is 28.4. The number of nitrogens with zero attached hydrogens (tertiary/aromatic N) is 2. The van der Waals surface area contributed by atoms with E-state index >= 15 is 0 Å². The van der Waals surface area contributed by atoms with Gasteiger partial charge in [-0.25, -0.2) is 9.78 Å². The number of ether oxygens (including phenoxy) is 1. The molecule has 19 heavy (non-hydrogen) atoms. The van der Waals surface area contributed by atoms with Crippen LogP contribution in [0.1, 0.15) is 36.2 Å². The average molecular weight is 261 g/mol. The Bertz CT molecular complexity index is 478.